The van der Waals surface area contributed by atoms with Gasteiger partial charge < -0.3 is 19.3 Å². The number of hydrogen-bond donors (Lipinski definition) is 1. The molecule has 1 saturated heterocycles. The lowest BCUT2D eigenvalue weighted by Gasteiger charge is -2.52. The molecule has 0 radical (unpaired) electrons. The van der Waals surface area contributed by atoms with Gasteiger partial charge in [0.15, 0.2) is 17.5 Å². The van der Waals surface area contributed by atoms with Crippen LogP contribution in [-0.4, -0.2) is 58.1 Å². The molecular formula is C24H29ClO8. The molecule has 8 nitrogen and oxygen atoms in total. The van der Waals surface area contributed by atoms with Crippen LogP contribution < -0.4 is 0 Å². The largest absolute Gasteiger partial charge is 0.459 e. The molecule has 0 amide bonds. The second-order valence-corrected chi connectivity index (χ2v) is 9.75. The number of rotatable bonds is 2. The van der Waals surface area contributed by atoms with E-state index in [1.807, 2.05) is 0 Å². The van der Waals surface area contributed by atoms with Gasteiger partial charge in [-0.25, -0.2) is 0 Å². The Kier molecular flexibility index (Phi) is 6.65. The van der Waals surface area contributed by atoms with Gasteiger partial charge in [0, 0.05) is 31.1 Å². The molecule has 4 unspecified atom stereocenters. The number of fused-ring (bicyclic) bond motifs is 2. The number of esters is 3. The van der Waals surface area contributed by atoms with E-state index in [-0.39, 0.29) is 5.78 Å². The number of alkyl halides is 1. The van der Waals surface area contributed by atoms with E-state index in [1.165, 1.54) is 26.8 Å². The summed E-state index contributed by atoms with van der Waals surface area (Å²) in [6, 6.07) is 0. The summed E-state index contributed by atoms with van der Waals surface area (Å²) in [5.74, 6) is -5.06. The van der Waals surface area contributed by atoms with Crippen LogP contribution in [0, 0.1) is 23.2 Å². The summed E-state index contributed by atoms with van der Waals surface area (Å²) in [5.41, 5.74) is -2.90. The second-order valence-electron chi connectivity index (χ2n) is 9.28. The Morgan fingerprint density at radius 3 is 2.33 bits per heavy atom. The minimum absolute atomic E-state index is 0.262. The standard InChI is InChI=1S/C24H29ClO8/c1-11-7-8-17(31-14(4)26)23(6)10-9-16(28)12(2)18(23)20(32-15(5)27)24(30)13(3)22(29)33-21(24)19(11)25/h7-10,12-13,17-21,30H,1H2,2-6H3/b8-7-/t12-,13?,17?,18+,19-,20?,21-,23+,24?/m0/s1. The molecule has 0 aromatic carbocycles. The number of carbonyl (C=O) groups is 4. The highest BCUT2D eigenvalue weighted by Gasteiger charge is 2.67. The SMILES string of the molecule is C=C1/C=C\C(OC(C)=O)[C@@]2(C)C=CC(=O)[C@H](C)[C@@H]2C(OC(C)=O)C2(O)C(C)C(=O)O[C@H]2[C@H]1Cl. The topological polar surface area (TPSA) is 116 Å². The van der Waals surface area contributed by atoms with Crippen molar-refractivity contribution >= 4 is 35.3 Å². The Hall–Kier alpha value is -2.45. The smallest absolute Gasteiger partial charge is 0.312 e. The van der Waals surface area contributed by atoms with E-state index >= 15 is 0 Å². The first kappa shape index (κ1) is 25.2. The van der Waals surface area contributed by atoms with Crippen LogP contribution >= 0.6 is 11.6 Å². The van der Waals surface area contributed by atoms with Gasteiger partial charge in [0.1, 0.15) is 12.2 Å². The van der Waals surface area contributed by atoms with Crippen molar-refractivity contribution in [2.75, 3.05) is 0 Å². The number of aliphatic hydroxyl groups is 1. The van der Waals surface area contributed by atoms with Crippen LogP contribution in [0.15, 0.2) is 36.5 Å². The number of carbonyl (C=O) groups excluding carboxylic acids is 4. The molecule has 3 rings (SSSR count). The van der Waals surface area contributed by atoms with E-state index in [4.69, 9.17) is 25.8 Å². The molecule has 180 valence electrons. The van der Waals surface area contributed by atoms with Crippen LogP contribution in [0.5, 0.6) is 0 Å². The van der Waals surface area contributed by atoms with Gasteiger partial charge in [-0.3, -0.25) is 19.2 Å². The number of ketones is 1. The van der Waals surface area contributed by atoms with Crippen molar-refractivity contribution < 1.29 is 38.5 Å². The Morgan fingerprint density at radius 1 is 1.15 bits per heavy atom. The summed E-state index contributed by atoms with van der Waals surface area (Å²) in [4.78, 5) is 49.7. The van der Waals surface area contributed by atoms with Gasteiger partial charge in [0.05, 0.1) is 11.3 Å². The molecule has 0 bridgehead atoms. The molecule has 0 aromatic rings. The third-order valence-electron chi connectivity index (χ3n) is 7.14. The summed E-state index contributed by atoms with van der Waals surface area (Å²) >= 11 is 6.60. The van der Waals surface area contributed by atoms with E-state index in [0.717, 1.165) is 0 Å². The Morgan fingerprint density at radius 2 is 1.76 bits per heavy atom. The van der Waals surface area contributed by atoms with Gasteiger partial charge in [0.2, 0.25) is 0 Å². The van der Waals surface area contributed by atoms with Gasteiger partial charge in [-0.1, -0.05) is 32.6 Å². The molecule has 1 heterocycles. The van der Waals surface area contributed by atoms with Crippen molar-refractivity contribution in [1.29, 1.82) is 0 Å². The fraction of sp³-hybridized carbons (Fsp3) is 0.583. The monoisotopic (exact) mass is 480 g/mol. The predicted octanol–water partition coefficient (Wildman–Crippen LogP) is 2.27. The lowest BCUT2D eigenvalue weighted by Crippen LogP contribution is -2.65. The predicted molar refractivity (Wildman–Crippen MR) is 118 cm³/mol. The average molecular weight is 481 g/mol. The van der Waals surface area contributed by atoms with Crippen molar-refractivity contribution in [2.24, 2.45) is 23.2 Å². The summed E-state index contributed by atoms with van der Waals surface area (Å²) in [5, 5.41) is 11.0. The fourth-order valence-corrected chi connectivity index (χ4v) is 5.58. The maximum atomic E-state index is 12.8. The molecule has 9 heteroatoms. The maximum absolute atomic E-state index is 12.8. The zero-order chi connectivity index (χ0) is 24.9. The Bertz CT molecular complexity index is 954. The molecule has 0 aromatic heterocycles. The van der Waals surface area contributed by atoms with Crippen LogP contribution in [0.2, 0.25) is 0 Å². The molecule has 1 fully saturated rings. The van der Waals surface area contributed by atoms with Crippen LogP contribution in [0.25, 0.3) is 0 Å². The zero-order valence-corrected chi connectivity index (χ0v) is 20.0. The van der Waals surface area contributed by atoms with E-state index in [0.29, 0.717) is 5.57 Å². The van der Waals surface area contributed by atoms with Crippen molar-refractivity contribution in [3.8, 4) is 0 Å². The van der Waals surface area contributed by atoms with Crippen LogP contribution in [0.3, 0.4) is 0 Å². The minimum atomic E-state index is -2.09. The lowest BCUT2D eigenvalue weighted by atomic mass is 9.57. The van der Waals surface area contributed by atoms with Crippen LogP contribution in [-0.2, 0) is 33.4 Å². The first-order valence-corrected chi connectivity index (χ1v) is 11.2. The van der Waals surface area contributed by atoms with Crippen molar-refractivity contribution in [2.45, 2.75) is 63.9 Å². The number of ether oxygens (including phenoxy) is 3. The quantitative estimate of drug-likeness (QED) is 0.363. The van der Waals surface area contributed by atoms with E-state index in [1.54, 1.807) is 32.1 Å². The molecule has 3 aliphatic rings. The van der Waals surface area contributed by atoms with Crippen LogP contribution in [0.4, 0.5) is 0 Å². The first-order valence-electron chi connectivity index (χ1n) is 10.8. The van der Waals surface area contributed by atoms with Gasteiger partial charge in [0.25, 0.3) is 0 Å². The zero-order valence-electron chi connectivity index (χ0n) is 19.2. The maximum Gasteiger partial charge on any atom is 0.312 e. The molecule has 0 saturated carbocycles. The first-order chi connectivity index (χ1) is 15.2. The van der Waals surface area contributed by atoms with Gasteiger partial charge >= 0.3 is 17.9 Å². The average Bonchev–Trinajstić information content (AvgIpc) is 2.96. The summed E-state index contributed by atoms with van der Waals surface area (Å²) in [6.07, 6.45) is 2.51. The molecule has 9 atom stereocenters. The molecule has 1 N–H and O–H groups in total. The molecular weight excluding hydrogens is 452 g/mol. The molecule has 33 heavy (non-hydrogen) atoms. The van der Waals surface area contributed by atoms with E-state index < -0.39 is 70.4 Å². The Labute approximate surface area is 197 Å². The highest BCUT2D eigenvalue weighted by Crippen LogP contribution is 2.53. The second kappa shape index (κ2) is 8.72. The van der Waals surface area contributed by atoms with Gasteiger partial charge in [-0.15, -0.1) is 11.6 Å². The van der Waals surface area contributed by atoms with Crippen molar-refractivity contribution in [3.63, 3.8) is 0 Å². The minimum Gasteiger partial charge on any atom is -0.459 e. The van der Waals surface area contributed by atoms with Crippen molar-refractivity contribution in [1.82, 2.24) is 0 Å². The number of halogens is 1. The summed E-state index contributed by atoms with van der Waals surface area (Å²) in [6.45, 7) is 11.2. The lowest BCUT2D eigenvalue weighted by molar-refractivity contribution is -0.205. The van der Waals surface area contributed by atoms with Gasteiger partial charge in [-0.05, 0) is 24.6 Å². The van der Waals surface area contributed by atoms with Gasteiger partial charge in [-0.2, -0.15) is 0 Å². The van der Waals surface area contributed by atoms with E-state index in [2.05, 4.69) is 6.58 Å². The normalized spacial score (nSPS) is 43.7. The van der Waals surface area contributed by atoms with Crippen molar-refractivity contribution in [3.05, 3.63) is 36.5 Å². The molecule has 0 spiro atoms. The third-order valence-corrected chi connectivity index (χ3v) is 7.65. The molecule has 1 aliphatic heterocycles. The highest BCUT2D eigenvalue weighted by molar-refractivity contribution is 6.23. The molecule has 2 aliphatic carbocycles. The Balaban J connectivity index is 2.36. The van der Waals surface area contributed by atoms with E-state index in [9.17, 15) is 24.3 Å². The third kappa shape index (κ3) is 4.04. The van der Waals surface area contributed by atoms with Crippen LogP contribution in [0.1, 0.15) is 34.6 Å². The number of allylic oxidation sites excluding steroid dienone is 2. The fourth-order valence-electron chi connectivity index (χ4n) is 5.26. The number of hydrogen-bond acceptors (Lipinski definition) is 8. The summed E-state index contributed by atoms with van der Waals surface area (Å²) < 4.78 is 16.8. The highest BCUT2D eigenvalue weighted by atomic mass is 35.5. The summed E-state index contributed by atoms with van der Waals surface area (Å²) in [7, 11) is 0.